The van der Waals surface area contributed by atoms with Crippen molar-refractivity contribution in [3.63, 3.8) is 0 Å². The molecule has 2 aromatic heterocycles. The second-order valence-electron chi connectivity index (χ2n) is 13.8. The molecule has 1 fully saturated rings. The summed E-state index contributed by atoms with van der Waals surface area (Å²) in [6.07, 6.45) is 30.2. The van der Waals surface area contributed by atoms with Crippen molar-refractivity contribution in [3.05, 3.63) is 155 Å². The fourth-order valence-electron chi connectivity index (χ4n) is 7.98. The normalized spacial score (nSPS) is 18.3. The lowest BCUT2D eigenvalue weighted by Gasteiger charge is -2.20. The molecule has 4 aliphatic carbocycles. The highest BCUT2D eigenvalue weighted by Gasteiger charge is 2.42. The number of thiophene rings is 1. The Bertz CT molecular complexity index is 2490. The summed E-state index contributed by atoms with van der Waals surface area (Å²) in [7, 11) is 0. The van der Waals surface area contributed by atoms with Gasteiger partial charge in [-0.1, -0.05) is 123 Å². The Hall–Kier alpha value is -5.12. The van der Waals surface area contributed by atoms with E-state index in [0.29, 0.717) is 5.92 Å². The predicted molar refractivity (Wildman–Crippen MR) is 228 cm³/mol. The van der Waals surface area contributed by atoms with Gasteiger partial charge in [0.15, 0.2) is 0 Å². The largest absolute Gasteiger partial charge is 0.252 e. The van der Waals surface area contributed by atoms with Crippen molar-refractivity contribution in [2.45, 2.75) is 65.7 Å². The van der Waals surface area contributed by atoms with Gasteiger partial charge in [-0.05, 0) is 109 Å². The SMILES string of the molecule is C/C=C\C.C1=CC(c2cnc3c4c(c5c(c3n2)C=CCCC5)C2CC2C=C4)=CC(c2cccc(-c3cccc4c3sc3ccccc34)c2)=CC1.CC. The van der Waals surface area contributed by atoms with Gasteiger partial charge in [-0.2, -0.15) is 0 Å². The molecule has 10 rings (SSSR count). The van der Waals surface area contributed by atoms with E-state index in [1.807, 2.05) is 57.4 Å². The van der Waals surface area contributed by atoms with Crippen LogP contribution in [0.3, 0.4) is 0 Å². The Morgan fingerprint density at radius 2 is 1.62 bits per heavy atom. The number of benzene rings is 4. The molecule has 52 heavy (non-hydrogen) atoms. The Balaban J connectivity index is 0.000000606. The first-order valence-electron chi connectivity index (χ1n) is 19.1. The molecule has 258 valence electrons. The quantitative estimate of drug-likeness (QED) is 0.172. The first-order valence-corrected chi connectivity index (χ1v) is 19.9. The highest BCUT2D eigenvalue weighted by molar-refractivity contribution is 7.26. The first kappa shape index (κ1) is 34.0. The minimum absolute atomic E-state index is 0.674. The maximum Gasteiger partial charge on any atom is 0.0975 e. The van der Waals surface area contributed by atoms with Gasteiger partial charge in [0.1, 0.15) is 0 Å². The van der Waals surface area contributed by atoms with Crippen LogP contribution in [0.4, 0.5) is 0 Å². The standard InChI is InChI=1S/C43H32N2S.C4H8.C2H6/c1-2-15-33-34(16-3-1)42-41(36-21-20-29-24-37(29)40(33)36)44-25-38(45-42)30-11-5-4-10-26(23-30)27-12-8-13-28(22-27)31-17-9-18-35-32-14-6-7-19-39(32)46-43(31)35;1-3-4-2;1-2/h3,5-14,16-23,25,29,37H,1-2,4,15,24H2;3-4H,1-2H3;1-2H3/b;4-3-;. The van der Waals surface area contributed by atoms with E-state index in [0.717, 1.165) is 47.5 Å². The van der Waals surface area contributed by atoms with Crippen LogP contribution in [0.15, 0.2) is 122 Å². The van der Waals surface area contributed by atoms with Crippen molar-refractivity contribution in [1.82, 2.24) is 9.97 Å². The van der Waals surface area contributed by atoms with E-state index >= 15 is 0 Å². The molecule has 6 aromatic rings. The van der Waals surface area contributed by atoms with Gasteiger partial charge in [0, 0.05) is 36.9 Å². The smallest absolute Gasteiger partial charge is 0.0975 e. The van der Waals surface area contributed by atoms with Crippen molar-refractivity contribution in [1.29, 1.82) is 0 Å². The van der Waals surface area contributed by atoms with E-state index in [4.69, 9.17) is 9.97 Å². The van der Waals surface area contributed by atoms with E-state index in [1.165, 1.54) is 72.0 Å². The van der Waals surface area contributed by atoms with Crippen LogP contribution >= 0.6 is 11.3 Å². The molecular formula is C49H46N2S. The summed E-state index contributed by atoms with van der Waals surface area (Å²) in [6.45, 7) is 8.00. The maximum absolute atomic E-state index is 5.40. The topological polar surface area (TPSA) is 25.8 Å². The molecule has 1 saturated carbocycles. The van der Waals surface area contributed by atoms with E-state index in [9.17, 15) is 0 Å². The zero-order valence-corrected chi connectivity index (χ0v) is 31.5. The van der Waals surface area contributed by atoms with E-state index in [1.54, 1.807) is 5.56 Å². The van der Waals surface area contributed by atoms with Crippen LogP contribution in [0.5, 0.6) is 0 Å². The molecule has 2 nitrogen and oxygen atoms in total. The highest BCUT2D eigenvalue weighted by Crippen LogP contribution is 2.56. The highest BCUT2D eigenvalue weighted by atomic mass is 32.1. The molecule has 4 aromatic carbocycles. The van der Waals surface area contributed by atoms with E-state index in [-0.39, 0.29) is 0 Å². The van der Waals surface area contributed by atoms with Crippen LogP contribution in [0.25, 0.3) is 65.6 Å². The summed E-state index contributed by atoms with van der Waals surface area (Å²) in [5.74, 6) is 1.39. The van der Waals surface area contributed by atoms with Crippen LogP contribution in [-0.4, -0.2) is 9.97 Å². The van der Waals surface area contributed by atoms with Crippen molar-refractivity contribution in [3.8, 4) is 11.1 Å². The summed E-state index contributed by atoms with van der Waals surface area (Å²) >= 11 is 1.89. The lowest BCUT2D eigenvalue weighted by Crippen LogP contribution is -2.06. The summed E-state index contributed by atoms with van der Waals surface area (Å²) in [6, 6.07) is 24.5. The Morgan fingerprint density at radius 3 is 2.50 bits per heavy atom. The average molecular weight is 695 g/mol. The van der Waals surface area contributed by atoms with Crippen molar-refractivity contribution in [2.24, 2.45) is 5.92 Å². The molecule has 2 heterocycles. The summed E-state index contributed by atoms with van der Waals surface area (Å²) in [5.41, 5.74) is 14.8. The zero-order chi connectivity index (χ0) is 35.6. The van der Waals surface area contributed by atoms with Gasteiger partial charge in [-0.15, -0.1) is 11.3 Å². The van der Waals surface area contributed by atoms with Gasteiger partial charge >= 0.3 is 0 Å². The van der Waals surface area contributed by atoms with E-state index in [2.05, 4.69) is 115 Å². The summed E-state index contributed by atoms with van der Waals surface area (Å²) < 4.78 is 2.69. The van der Waals surface area contributed by atoms with Gasteiger partial charge < -0.3 is 0 Å². The van der Waals surface area contributed by atoms with Crippen molar-refractivity contribution >= 4 is 65.8 Å². The Kier molecular flexibility index (Phi) is 9.71. The first-order chi connectivity index (χ1) is 25.7. The van der Waals surface area contributed by atoms with Crippen LogP contribution in [0.1, 0.15) is 92.8 Å². The van der Waals surface area contributed by atoms with Gasteiger partial charge in [-0.3, -0.25) is 4.98 Å². The molecule has 2 unspecified atom stereocenters. The van der Waals surface area contributed by atoms with Crippen molar-refractivity contribution in [2.75, 3.05) is 0 Å². The molecule has 0 radical (unpaired) electrons. The van der Waals surface area contributed by atoms with Crippen LogP contribution in [-0.2, 0) is 6.42 Å². The third-order valence-electron chi connectivity index (χ3n) is 10.6. The third kappa shape index (κ3) is 6.22. The van der Waals surface area contributed by atoms with Crippen LogP contribution < -0.4 is 0 Å². The van der Waals surface area contributed by atoms with E-state index < -0.39 is 0 Å². The number of aromatic nitrogens is 2. The molecule has 0 spiro atoms. The zero-order valence-electron chi connectivity index (χ0n) is 30.7. The monoisotopic (exact) mass is 694 g/mol. The van der Waals surface area contributed by atoms with Crippen molar-refractivity contribution < 1.29 is 0 Å². The summed E-state index contributed by atoms with van der Waals surface area (Å²) in [5, 5.41) is 2.67. The molecular weight excluding hydrogens is 649 g/mol. The van der Waals surface area contributed by atoms with Gasteiger partial charge in [0.2, 0.25) is 0 Å². The van der Waals surface area contributed by atoms with Crippen LogP contribution in [0, 0.1) is 5.92 Å². The fraction of sp³-hybridized carbons (Fsp3) is 0.224. The summed E-state index contributed by atoms with van der Waals surface area (Å²) in [4.78, 5) is 10.5. The average Bonchev–Trinajstić information content (AvgIpc) is 4.00. The number of fused-ring (bicyclic) bond motifs is 11. The number of allylic oxidation sites excluding steroid dienone is 10. The number of nitrogens with zero attached hydrogens (tertiary/aromatic N) is 2. The predicted octanol–water partition coefficient (Wildman–Crippen LogP) is 14.2. The number of hydrogen-bond acceptors (Lipinski definition) is 3. The molecule has 0 bridgehead atoms. The molecule has 0 amide bonds. The molecule has 0 saturated heterocycles. The second-order valence-corrected chi connectivity index (χ2v) is 14.8. The maximum atomic E-state index is 5.40. The van der Waals surface area contributed by atoms with Gasteiger partial charge in [-0.25, -0.2) is 4.98 Å². The van der Waals surface area contributed by atoms with Crippen LogP contribution in [0.2, 0.25) is 0 Å². The third-order valence-corrected chi connectivity index (χ3v) is 11.9. The molecule has 0 N–H and O–H groups in total. The Labute approximate surface area is 312 Å². The molecule has 2 atom stereocenters. The second kappa shape index (κ2) is 14.9. The minimum Gasteiger partial charge on any atom is -0.252 e. The lowest BCUT2D eigenvalue weighted by atomic mass is 9.86. The molecule has 4 aliphatic rings. The number of rotatable bonds is 3. The fourth-order valence-corrected chi connectivity index (χ4v) is 9.21. The van der Waals surface area contributed by atoms with Gasteiger partial charge in [0.25, 0.3) is 0 Å². The lowest BCUT2D eigenvalue weighted by molar-refractivity contribution is 0.832. The minimum atomic E-state index is 0.674. The Morgan fingerprint density at radius 1 is 0.788 bits per heavy atom. The molecule has 0 aliphatic heterocycles. The molecule has 3 heteroatoms. The van der Waals surface area contributed by atoms with Gasteiger partial charge in [0.05, 0.1) is 22.9 Å². The number of hydrogen-bond donors (Lipinski definition) is 0.